The standard InChI is InChI=1S/C19H28N2O2/c1-4-21(12-19(2,3)23)18(22)20-16-11-14-9-5-7-13-8-6-10-15(16)17(13)14/h6,8,10,14,16,23H,4-5,7,9,11-12H2,1-3H3,(H,20,22). The fourth-order valence-corrected chi connectivity index (χ4v) is 4.15. The molecule has 0 bridgehead atoms. The second-order valence-electron chi connectivity index (χ2n) is 7.57. The maximum atomic E-state index is 12.6. The van der Waals surface area contributed by atoms with Crippen molar-refractivity contribution in [2.75, 3.05) is 13.1 Å². The first-order valence-electron chi connectivity index (χ1n) is 8.78. The van der Waals surface area contributed by atoms with Crippen LogP contribution >= 0.6 is 0 Å². The van der Waals surface area contributed by atoms with Crippen LogP contribution in [0.3, 0.4) is 0 Å². The van der Waals surface area contributed by atoms with Crippen molar-refractivity contribution in [3.8, 4) is 0 Å². The van der Waals surface area contributed by atoms with Gasteiger partial charge in [-0.05, 0) is 69.1 Å². The van der Waals surface area contributed by atoms with Gasteiger partial charge in [-0.15, -0.1) is 0 Å². The normalized spacial score (nSPS) is 22.6. The molecule has 0 fully saturated rings. The zero-order valence-corrected chi connectivity index (χ0v) is 14.4. The van der Waals surface area contributed by atoms with Crippen molar-refractivity contribution in [1.29, 1.82) is 0 Å². The fraction of sp³-hybridized carbons (Fsp3) is 0.632. The Labute approximate surface area is 138 Å². The molecule has 2 atom stereocenters. The number of hydrogen-bond acceptors (Lipinski definition) is 2. The quantitative estimate of drug-likeness (QED) is 0.895. The third kappa shape index (κ3) is 3.37. The topological polar surface area (TPSA) is 52.6 Å². The number of hydrogen-bond donors (Lipinski definition) is 2. The maximum absolute atomic E-state index is 12.6. The maximum Gasteiger partial charge on any atom is 0.317 e. The molecule has 0 saturated carbocycles. The highest BCUT2D eigenvalue weighted by Gasteiger charge is 2.36. The van der Waals surface area contributed by atoms with Crippen LogP contribution in [0.2, 0.25) is 0 Å². The average Bonchev–Trinajstić information content (AvgIpc) is 2.84. The van der Waals surface area contributed by atoms with E-state index in [9.17, 15) is 9.90 Å². The molecule has 23 heavy (non-hydrogen) atoms. The Bertz CT molecular complexity index is 592. The predicted molar refractivity (Wildman–Crippen MR) is 91.6 cm³/mol. The molecular weight excluding hydrogens is 288 g/mol. The van der Waals surface area contributed by atoms with Crippen molar-refractivity contribution >= 4 is 6.03 Å². The van der Waals surface area contributed by atoms with Crippen LogP contribution in [0, 0.1) is 0 Å². The Balaban J connectivity index is 1.75. The number of nitrogens with zero attached hydrogens (tertiary/aromatic N) is 1. The van der Waals surface area contributed by atoms with Gasteiger partial charge in [-0.1, -0.05) is 18.2 Å². The molecule has 0 saturated heterocycles. The smallest absolute Gasteiger partial charge is 0.317 e. The Kier molecular flexibility index (Phi) is 4.37. The summed E-state index contributed by atoms with van der Waals surface area (Å²) < 4.78 is 0. The highest BCUT2D eigenvalue weighted by atomic mass is 16.3. The van der Waals surface area contributed by atoms with Gasteiger partial charge in [-0.25, -0.2) is 4.79 Å². The van der Waals surface area contributed by atoms with E-state index in [1.54, 1.807) is 18.7 Å². The number of urea groups is 1. The van der Waals surface area contributed by atoms with E-state index in [-0.39, 0.29) is 12.1 Å². The Hall–Kier alpha value is -1.55. The summed E-state index contributed by atoms with van der Waals surface area (Å²) in [6.07, 6.45) is 4.66. The summed E-state index contributed by atoms with van der Waals surface area (Å²) in [5, 5.41) is 13.2. The van der Waals surface area contributed by atoms with Crippen molar-refractivity contribution in [3.05, 3.63) is 34.9 Å². The number of likely N-dealkylation sites (N-methyl/N-ethyl adjacent to an activating group) is 1. The predicted octanol–water partition coefficient (Wildman–Crippen LogP) is 3.35. The number of benzene rings is 1. The summed E-state index contributed by atoms with van der Waals surface area (Å²) in [6.45, 7) is 6.36. The van der Waals surface area contributed by atoms with Crippen molar-refractivity contribution < 1.29 is 9.90 Å². The van der Waals surface area contributed by atoms with E-state index in [2.05, 4.69) is 23.5 Å². The van der Waals surface area contributed by atoms with Gasteiger partial charge in [0.25, 0.3) is 0 Å². The second kappa shape index (κ2) is 6.16. The molecule has 2 unspecified atom stereocenters. The van der Waals surface area contributed by atoms with Crippen LogP contribution in [0.1, 0.15) is 68.7 Å². The summed E-state index contributed by atoms with van der Waals surface area (Å²) in [5.41, 5.74) is 3.40. The van der Waals surface area contributed by atoms with Gasteiger partial charge in [0.05, 0.1) is 18.2 Å². The molecule has 2 amide bonds. The van der Waals surface area contributed by atoms with Gasteiger partial charge in [-0.3, -0.25) is 0 Å². The zero-order chi connectivity index (χ0) is 16.6. The van der Waals surface area contributed by atoms with Gasteiger partial charge >= 0.3 is 6.03 Å². The van der Waals surface area contributed by atoms with Crippen LogP contribution in [0.15, 0.2) is 18.2 Å². The van der Waals surface area contributed by atoms with Crippen molar-refractivity contribution in [1.82, 2.24) is 10.2 Å². The van der Waals surface area contributed by atoms with E-state index in [1.807, 2.05) is 6.92 Å². The highest BCUT2D eigenvalue weighted by molar-refractivity contribution is 5.75. The number of aliphatic hydroxyl groups is 1. The molecule has 0 radical (unpaired) electrons. The highest BCUT2D eigenvalue weighted by Crippen LogP contribution is 2.47. The summed E-state index contributed by atoms with van der Waals surface area (Å²) in [4.78, 5) is 14.3. The Morgan fingerprint density at radius 1 is 1.43 bits per heavy atom. The summed E-state index contributed by atoms with van der Waals surface area (Å²) in [6, 6.07) is 6.56. The molecule has 0 spiro atoms. The molecule has 2 aliphatic carbocycles. The molecule has 4 nitrogen and oxygen atoms in total. The summed E-state index contributed by atoms with van der Waals surface area (Å²) >= 11 is 0. The molecule has 0 aromatic heterocycles. The Morgan fingerprint density at radius 2 is 2.22 bits per heavy atom. The third-order valence-corrected chi connectivity index (χ3v) is 5.08. The second-order valence-corrected chi connectivity index (χ2v) is 7.57. The first kappa shape index (κ1) is 16.3. The van der Waals surface area contributed by atoms with E-state index in [0.29, 0.717) is 19.0 Å². The molecule has 0 aliphatic heterocycles. The largest absolute Gasteiger partial charge is 0.389 e. The molecule has 2 N–H and O–H groups in total. The first-order chi connectivity index (χ1) is 10.9. The van der Waals surface area contributed by atoms with Gasteiger partial charge in [0, 0.05) is 6.54 Å². The monoisotopic (exact) mass is 316 g/mol. The molecule has 3 rings (SSSR count). The minimum atomic E-state index is -0.875. The molecule has 1 aromatic rings. The van der Waals surface area contributed by atoms with Crippen LogP contribution < -0.4 is 5.32 Å². The van der Waals surface area contributed by atoms with Crippen LogP contribution in [0.5, 0.6) is 0 Å². The molecule has 1 aromatic carbocycles. The first-order valence-corrected chi connectivity index (χ1v) is 8.78. The number of carbonyl (C=O) groups excluding carboxylic acids is 1. The van der Waals surface area contributed by atoms with Crippen molar-refractivity contribution in [2.24, 2.45) is 0 Å². The summed E-state index contributed by atoms with van der Waals surface area (Å²) in [5.74, 6) is 0.601. The lowest BCUT2D eigenvalue weighted by Gasteiger charge is -2.29. The fourth-order valence-electron chi connectivity index (χ4n) is 4.15. The van der Waals surface area contributed by atoms with Crippen LogP contribution in [0.4, 0.5) is 4.79 Å². The van der Waals surface area contributed by atoms with E-state index >= 15 is 0 Å². The number of rotatable bonds is 4. The molecule has 2 aliphatic rings. The summed E-state index contributed by atoms with van der Waals surface area (Å²) in [7, 11) is 0. The van der Waals surface area contributed by atoms with Gasteiger partial charge in [0.1, 0.15) is 0 Å². The van der Waals surface area contributed by atoms with E-state index in [0.717, 1.165) is 6.42 Å². The SMILES string of the molecule is CCN(CC(C)(C)O)C(=O)NC1CC2CCCc3cccc1c32. The molecule has 4 heteroatoms. The van der Waals surface area contributed by atoms with Gasteiger partial charge in [0.2, 0.25) is 0 Å². The third-order valence-electron chi connectivity index (χ3n) is 5.08. The van der Waals surface area contributed by atoms with E-state index < -0.39 is 5.60 Å². The lowest BCUT2D eigenvalue weighted by Crippen LogP contribution is -2.47. The minimum absolute atomic E-state index is 0.0733. The molecular formula is C19H28N2O2. The Morgan fingerprint density at radius 3 is 2.91 bits per heavy atom. The molecule has 126 valence electrons. The number of nitrogens with one attached hydrogen (secondary N) is 1. The lowest BCUT2D eigenvalue weighted by molar-refractivity contribution is 0.0475. The van der Waals surface area contributed by atoms with Crippen molar-refractivity contribution in [2.45, 2.75) is 64.0 Å². The minimum Gasteiger partial charge on any atom is -0.389 e. The van der Waals surface area contributed by atoms with Gasteiger partial charge in [-0.2, -0.15) is 0 Å². The number of aryl methyl sites for hydroxylation is 1. The average molecular weight is 316 g/mol. The zero-order valence-electron chi connectivity index (χ0n) is 14.4. The van der Waals surface area contributed by atoms with Crippen molar-refractivity contribution in [3.63, 3.8) is 0 Å². The molecule has 0 heterocycles. The van der Waals surface area contributed by atoms with E-state index in [1.165, 1.54) is 36.0 Å². The number of amides is 2. The number of carbonyl (C=O) groups is 1. The van der Waals surface area contributed by atoms with Crippen LogP contribution in [-0.2, 0) is 6.42 Å². The van der Waals surface area contributed by atoms with Gasteiger partial charge in [0.15, 0.2) is 0 Å². The van der Waals surface area contributed by atoms with Crippen LogP contribution in [0.25, 0.3) is 0 Å². The van der Waals surface area contributed by atoms with Gasteiger partial charge < -0.3 is 15.3 Å². The van der Waals surface area contributed by atoms with E-state index in [4.69, 9.17) is 0 Å². The lowest BCUT2D eigenvalue weighted by atomic mass is 9.84. The van der Waals surface area contributed by atoms with Crippen LogP contribution in [-0.4, -0.2) is 34.7 Å².